The number of thioether (sulfide) groups is 1. The van der Waals surface area contributed by atoms with E-state index in [2.05, 4.69) is 39.9 Å². The Balaban J connectivity index is 1.99. The molecule has 71 valence electrons. The van der Waals surface area contributed by atoms with Gasteiger partial charge in [0.05, 0.1) is 13.2 Å². The van der Waals surface area contributed by atoms with E-state index in [-0.39, 0.29) is 3.66 Å². The molecule has 1 unspecified atom stereocenters. The maximum atomic E-state index is 5.44. The fourth-order valence-electron chi connectivity index (χ4n) is 1.19. The topological polar surface area (TPSA) is 9.23 Å². The van der Waals surface area contributed by atoms with Crippen LogP contribution >= 0.6 is 39.0 Å². The molecule has 0 amide bonds. The zero-order valence-corrected chi connectivity index (χ0v) is 10.3. The second kappa shape index (κ2) is 4.34. The molecule has 1 fully saturated rings. The lowest BCUT2D eigenvalue weighted by atomic mass is 10.2. The highest BCUT2D eigenvalue weighted by Crippen LogP contribution is 2.40. The molecule has 1 aliphatic heterocycles. The normalized spacial score (nSPS) is 29.0. The van der Waals surface area contributed by atoms with Crippen molar-refractivity contribution >= 4 is 39.0 Å². The fraction of sp³-hybridized carbons (Fsp3) is 0.444. The minimum Gasteiger partial charge on any atom is -0.378 e. The van der Waals surface area contributed by atoms with Gasteiger partial charge in [-0.2, -0.15) is 0 Å². The molecule has 2 rings (SSSR count). The van der Waals surface area contributed by atoms with E-state index in [0.29, 0.717) is 0 Å². The van der Waals surface area contributed by atoms with Crippen molar-refractivity contribution in [1.29, 1.82) is 0 Å². The van der Waals surface area contributed by atoms with Crippen molar-refractivity contribution in [2.24, 2.45) is 0 Å². The van der Waals surface area contributed by atoms with Crippen LogP contribution in [0.25, 0.3) is 0 Å². The van der Waals surface area contributed by atoms with Crippen molar-refractivity contribution in [2.75, 3.05) is 19.0 Å². The molecular formula is C9H10BrOS2. The molecule has 0 aromatic carbocycles. The summed E-state index contributed by atoms with van der Waals surface area (Å²) >= 11 is 7.37. The van der Waals surface area contributed by atoms with Crippen LogP contribution in [-0.4, -0.2) is 22.6 Å². The maximum Gasteiger partial charge on any atom is 0.102 e. The molecule has 1 aromatic heterocycles. The minimum absolute atomic E-state index is 0.00387. The largest absolute Gasteiger partial charge is 0.378 e. The lowest BCUT2D eigenvalue weighted by Crippen LogP contribution is -2.30. The highest BCUT2D eigenvalue weighted by molar-refractivity contribution is 9.12. The van der Waals surface area contributed by atoms with Crippen molar-refractivity contribution in [2.45, 2.75) is 3.66 Å². The van der Waals surface area contributed by atoms with Gasteiger partial charge in [0.2, 0.25) is 0 Å². The van der Waals surface area contributed by atoms with Crippen molar-refractivity contribution in [3.63, 3.8) is 0 Å². The van der Waals surface area contributed by atoms with Crippen LogP contribution in [0.1, 0.15) is 4.88 Å². The van der Waals surface area contributed by atoms with Gasteiger partial charge in [-0.1, -0.05) is 22.0 Å². The molecule has 1 radical (unpaired) electrons. The molecule has 13 heavy (non-hydrogen) atoms. The first-order valence-electron chi connectivity index (χ1n) is 4.09. The van der Waals surface area contributed by atoms with E-state index in [9.17, 15) is 0 Å². The number of hydrogen-bond donors (Lipinski definition) is 0. The van der Waals surface area contributed by atoms with E-state index in [0.717, 1.165) is 19.0 Å². The van der Waals surface area contributed by atoms with Crippen LogP contribution in [-0.2, 0) is 4.74 Å². The summed E-state index contributed by atoms with van der Waals surface area (Å²) in [6.07, 6.45) is 2.24. The summed E-state index contributed by atoms with van der Waals surface area (Å²) in [7, 11) is 0. The van der Waals surface area contributed by atoms with Gasteiger partial charge in [-0.25, -0.2) is 0 Å². The maximum absolute atomic E-state index is 5.44. The van der Waals surface area contributed by atoms with Gasteiger partial charge in [-0.3, -0.25) is 0 Å². The molecule has 0 N–H and O–H groups in total. The fourth-order valence-corrected chi connectivity index (χ4v) is 3.97. The van der Waals surface area contributed by atoms with Crippen LogP contribution in [0.5, 0.6) is 0 Å². The van der Waals surface area contributed by atoms with Crippen molar-refractivity contribution in [3.8, 4) is 0 Å². The van der Waals surface area contributed by atoms with Crippen LogP contribution in [0.3, 0.4) is 0 Å². The molecule has 1 saturated heterocycles. The molecule has 1 nitrogen and oxygen atoms in total. The van der Waals surface area contributed by atoms with Crippen LogP contribution < -0.4 is 0 Å². The summed E-state index contributed by atoms with van der Waals surface area (Å²) in [5.41, 5.74) is 0. The number of ether oxygens (including phenoxy) is 1. The summed E-state index contributed by atoms with van der Waals surface area (Å²) in [4.78, 5) is 1.30. The van der Waals surface area contributed by atoms with E-state index >= 15 is 0 Å². The lowest BCUT2D eigenvalue weighted by molar-refractivity contribution is 0.144. The van der Waals surface area contributed by atoms with Crippen LogP contribution in [0.2, 0.25) is 0 Å². The predicted octanol–water partition coefficient (Wildman–Crippen LogP) is 3.16. The zero-order valence-electron chi connectivity index (χ0n) is 7.03. The van der Waals surface area contributed by atoms with E-state index in [1.807, 2.05) is 11.8 Å². The molecule has 0 aliphatic carbocycles. The lowest BCUT2D eigenvalue weighted by Gasteiger charge is -2.30. The number of thiophene rings is 1. The summed E-state index contributed by atoms with van der Waals surface area (Å²) in [5.74, 6) is 1.06. The smallest absolute Gasteiger partial charge is 0.102 e. The Labute approximate surface area is 95.0 Å². The highest BCUT2D eigenvalue weighted by atomic mass is 79.9. The van der Waals surface area contributed by atoms with Gasteiger partial charge in [0.25, 0.3) is 0 Å². The molecule has 1 aromatic rings. The third-order valence-electron chi connectivity index (χ3n) is 1.77. The minimum atomic E-state index is -0.00387. The van der Waals surface area contributed by atoms with Crippen molar-refractivity contribution in [3.05, 3.63) is 28.8 Å². The average molecular weight is 278 g/mol. The van der Waals surface area contributed by atoms with Gasteiger partial charge < -0.3 is 4.74 Å². The Kier molecular flexibility index (Phi) is 3.35. The molecule has 0 bridgehead atoms. The third-order valence-corrected chi connectivity index (χ3v) is 4.82. The molecule has 1 atom stereocenters. The van der Waals surface area contributed by atoms with Gasteiger partial charge in [-0.15, -0.1) is 23.1 Å². The summed E-state index contributed by atoms with van der Waals surface area (Å²) in [6, 6.07) is 4.20. The van der Waals surface area contributed by atoms with Crippen LogP contribution in [0.4, 0.5) is 0 Å². The summed E-state index contributed by atoms with van der Waals surface area (Å²) in [6.45, 7) is 1.63. The van der Waals surface area contributed by atoms with E-state index < -0.39 is 0 Å². The number of halogens is 1. The first kappa shape index (κ1) is 10.0. The quantitative estimate of drug-likeness (QED) is 0.769. The standard InChI is InChI=1S/C9H10BrOS2/c10-9(7-11-3-5-13-9)6-8-2-1-4-12-8/h1-2,4,6H,3,5,7H2. The summed E-state index contributed by atoms with van der Waals surface area (Å²) < 4.78 is 5.44. The van der Waals surface area contributed by atoms with E-state index in [4.69, 9.17) is 4.74 Å². The monoisotopic (exact) mass is 277 g/mol. The summed E-state index contributed by atoms with van der Waals surface area (Å²) in [5, 5.41) is 2.09. The zero-order chi connectivity index (χ0) is 9.15. The first-order chi connectivity index (χ1) is 6.29. The second-order valence-electron chi connectivity index (χ2n) is 2.85. The van der Waals surface area contributed by atoms with Gasteiger partial charge in [-0.05, 0) is 11.4 Å². The van der Waals surface area contributed by atoms with E-state index in [1.165, 1.54) is 4.88 Å². The Morgan fingerprint density at radius 2 is 2.54 bits per heavy atom. The first-order valence-corrected chi connectivity index (χ1v) is 6.74. The predicted molar refractivity (Wildman–Crippen MR) is 62.7 cm³/mol. The Hall–Kier alpha value is 0.490. The third kappa shape index (κ3) is 2.72. The van der Waals surface area contributed by atoms with Gasteiger partial charge in [0.1, 0.15) is 3.66 Å². The van der Waals surface area contributed by atoms with E-state index in [1.54, 1.807) is 11.3 Å². The van der Waals surface area contributed by atoms with Gasteiger partial charge in [0, 0.05) is 17.1 Å². The van der Waals surface area contributed by atoms with Crippen molar-refractivity contribution < 1.29 is 4.74 Å². The molecule has 0 spiro atoms. The highest BCUT2D eigenvalue weighted by Gasteiger charge is 2.31. The number of hydrogen-bond acceptors (Lipinski definition) is 3. The Morgan fingerprint density at radius 3 is 3.15 bits per heavy atom. The molecule has 2 heterocycles. The molecule has 4 heteroatoms. The van der Waals surface area contributed by atoms with Gasteiger partial charge >= 0.3 is 0 Å². The number of alkyl halides is 1. The number of rotatable bonds is 2. The molecule has 1 aliphatic rings. The van der Waals surface area contributed by atoms with Crippen LogP contribution in [0, 0.1) is 6.42 Å². The molecule has 0 saturated carbocycles. The SMILES string of the molecule is BrC1([CH]c2cccs2)COCCS1. The van der Waals surface area contributed by atoms with Gasteiger partial charge in [0.15, 0.2) is 0 Å². The molecular weight excluding hydrogens is 268 g/mol. The van der Waals surface area contributed by atoms with Crippen LogP contribution in [0.15, 0.2) is 17.5 Å². The Morgan fingerprint density at radius 1 is 1.62 bits per heavy atom. The average Bonchev–Trinajstić information content (AvgIpc) is 2.57. The second-order valence-corrected chi connectivity index (χ2v) is 7.19. The Bertz CT molecular complexity index is 255. The van der Waals surface area contributed by atoms with Crippen molar-refractivity contribution in [1.82, 2.24) is 0 Å².